The molecular weight excluding hydrogens is 224 g/mol. The summed E-state index contributed by atoms with van der Waals surface area (Å²) in [6.07, 6.45) is 3.72. The number of methoxy groups -OCH3 is 1. The van der Waals surface area contributed by atoms with Gasteiger partial charge in [0.15, 0.2) is 0 Å². The number of nitrogen functional groups attached to an aromatic ring is 1. The highest BCUT2D eigenvalue weighted by Crippen LogP contribution is 2.29. The maximum absolute atomic E-state index is 5.90. The summed E-state index contributed by atoms with van der Waals surface area (Å²) in [6, 6.07) is 5.88. The molecule has 0 heterocycles. The largest absolute Gasteiger partial charge is 0.397 e. The molecule has 0 aliphatic heterocycles. The van der Waals surface area contributed by atoms with E-state index in [1.54, 1.807) is 13.2 Å². The molecule has 88 valence electrons. The van der Waals surface area contributed by atoms with E-state index in [9.17, 15) is 0 Å². The molecule has 1 aromatic rings. The van der Waals surface area contributed by atoms with Crippen molar-refractivity contribution in [2.24, 2.45) is 0 Å². The van der Waals surface area contributed by atoms with Gasteiger partial charge in [-0.15, -0.1) is 0 Å². The highest BCUT2D eigenvalue weighted by molar-refractivity contribution is 6.31. The molecule has 1 saturated carbocycles. The number of hydrogen-bond acceptors (Lipinski definition) is 3. The molecule has 1 aliphatic carbocycles. The normalized spacial score (nSPS) is 24.6. The second-order valence-electron chi connectivity index (χ2n) is 4.19. The summed E-state index contributed by atoms with van der Waals surface area (Å²) in [7, 11) is 1.76. The van der Waals surface area contributed by atoms with Crippen LogP contribution in [-0.2, 0) is 4.74 Å². The van der Waals surface area contributed by atoms with Gasteiger partial charge in [-0.25, -0.2) is 0 Å². The Labute approximate surface area is 101 Å². The summed E-state index contributed by atoms with van der Waals surface area (Å²) in [5, 5.41) is 4.09. The van der Waals surface area contributed by atoms with Gasteiger partial charge in [-0.2, -0.15) is 0 Å². The number of rotatable bonds is 3. The summed E-state index contributed by atoms with van der Waals surface area (Å²) in [5.74, 6) is 0. The summed E-state index contributed by atoms with van der Waals surface area (Å²) in [5.41, 5.74) is 7.53. The molecule has 1 aromatic carbocycles. The lowest BCUT2D eigenvalue weighted by Gasteiger charge is -2.21. The average molecular weight is 241 g/mol. The van der Waals surface area contributed by atoms with Crippen LogP contribution < -0.4 is 11.1 Å². The van der Waals surface area contributed by atoms with Gasteiger partial charge in [0, 0.05) is 12.1 Å². The molecule has 0 radical (unpaired) electrons. The molecule has 0 spiro atoms. The van der Waals surface area contributed by atoms with Gasteiger partial charge in [0.1, 0.15) is 0 Å². The molecule has 16 heavy (non-hydrogen) atoms. The van der Waals surface area contributed by atoms with Crippen LogP contribution in [0.2, 0.25) is 5.02 Å². The summed E-state index contributed by atoms with van der Waals surface area (Å²) < 4.78 is 5.43. The van der Waals surface area contributed by atoms with Gasteiger partial charge < -0.3 is 15.8 Å². The number of nitrogens with two attached hydrogens (primary N) is 1. The zero-order valence-electron chi connectivity index (χ0n) is 9.37. The second-order valence-corrected chi connectivity index (χ2v) is 4.62. The van der Waals surface area contributed by atoms with Gasteiger partial charge in [0.05, 0.1) is 23.5 Å². The minimum absolute atomic E-state index is 0.287. The minimum Gasteiger partial charge on any atom is -0.397 e. The van der Waals surface area contributed by atoms with Gasteiger partial charge in [-0.3, -0.25) is 0 Å². The molecule has 2 rings (SSSR count). The average Bonchev–Trinajstić information content (AvgIpc) is 2.69. The number of anilines is 2. The Morgan fingerprint density at radius 3 is 2.94 bits per heavy atom. The van der Waals surface area contributed by atoms with E-state index < -0.39 is 0 Å². The van der Waals surface area contributed by atoms with Crippen LogP contribution in [-0.4, -0.2) is 19.3 Å². The fourth-order valence-corrected chi connectivity index (χ4v) is 2.42. The number of benzene rings is 1. The van der Waals surface area contributed by atoms with Crippen LogP contribution in [0.15, 0.2) is 18.2 Å². The molecule has 3 N–H and O–H groups in total. The van der Waals surface area contributed by atoms with E-state index in [1.807, 2.05) is 12.1 Å². The highest BCUT2D eigenvalue weighted by atomic mass is 35.5. The van der Waals surface area contributed by atoms with E-state index in [-0.39, 0.29) is 6.10 Å². The predicted molar refractivity (Wildman–Crippen MR) is 67.9 cm³/mol. The van der Waals surface area contributed by atoms with Crippen LogP contribution in [0.4, 0.5) is 11.4 Å². The third-order valence-electron chi connectivity index (χ3n) is 3.11. The number of nitrogens with one attached hydrogen (secondary N) is 1. The minimum atomic E-state index is 0.287. The lowest BCUT2D eigenvalue weighted by molar-refractivity contribution is 0.101. The van der Waals surface area contributed by atoms with Crippen molar-refractivity contribution in [3.05, 3.63) is 23.2 Å². The molecule has 0 bridgehead atoms. The topological polar surface area (TPSA) is 47.3 Å². The van der Waals surface area contributed by atoms with Gasteiger partial charge >= 0.3 is 0 Å². The van der Waals surface area contributed by atoms with Crippen molar-refractivity contribution in [3.63, 3.8) is 0 Å². The van der Waals surface area contributed by atoms with Crippen LogP contribution in [0.5, 0.6) is 0 Å². The maximum atomic E-state index is 5.90. The van der Waals surface area contributed by atoms with Crippen LogP contribution in [0.25, 0.3) is 0 Å². The van der Waals surface area contributed by atoms with E-state index in [0.717, 1.165) is 18.5 Å². The van der Waals surface area contributed by atoms with E-state index in [4.69, 9.17) is 22.1 Å². The molecule has 1 fully saturated rings. The van der Waals surface area contributed by atoms with Gasteiger partial charge in [0.2, 0.25) is 0 Å². The smallest absolute Gasteiger partial charge is 0.0772 e. The van der Waals surface area contributed by atoms with E-state index in [0.29, 0.717) is 16.8 Å². The molecule has 4 heteroatoms. The summed E-state index contributed by atoms with van der Waals surface area (Å²) >= 11 is 5.86. The zero-order valence-corrected chi connectivity index (χ0v) is 10.1. The van der Waals surface area contributed by atoms with Gasteiger partial charge in [-0.05, 0) is 37.5 Å². The first kappa shape index (κ1) is 11.6. The number of hydrogen-bond donors (Lipinski definition) is 2. The van der Waals surface area contributed by atoms with E-state index in [2.05, 4.69) is 5.32 Å². The van der Waals surface area contributed by atoms with Gasteiger partial charge in [0.25, 0.3) is 0 Å². The molecule has 0 saturated heterocycles. The molecular formula is C12H17ClN2O. The Morgan fingerprint density at radius 1 is 1.44 bits per heavy atom. The van der Waals surface area contributed by atoms with Crippen LogP contribution in [0.3, 0.4) is 0 Å². The van der Waals surface area contributed by atoms with Crippen LogP contribution >= 0.6 is 11.6 Å². The monoisotopic (exact) mass is 240 g/mol. The van der Waals surface area contributed by atoms with Crippen molar-refractivity contribution >= 4 is 23.0 Å². The van der Waals surface area contributed by atoms with Crippen molar-refractivity contribution in [2.45, 2.75) is 31.4 Å². The highest BCUT2D eigenvalue weighted by Gasteiger charge is 2.27. The van der Waals surface area contributed by atoms with Crippen LogP contribution in [0.1, 0.15) is 19.3 Å². The van der Waals surface area contributed by atoms with Crippen LogP contribution in [0, 0.1) is 0 Å². The first-order chi connectivity index (χ1) is 7.70. The van der Waals surface area contributed by atoms with E-state index >= 15 is 0 Å². The number of halogens is 1. The fourth-order valence-electron chi connectivity index (χ4n) is 2.24. The Bertz CT molecular complexity index is 370. The molecule has 2 atom stereocenters. The lowest BCUT2D eigenvalue weighted by Crippen LogP contribution is -2.29. The van der Waals surface area contributed by atoms with Gasteiger partial charge in [-0.1, -0.05) is 11.6 Å². The first-order valence-corrected chi connectivity index (χ1v) is 5.93. The van der Waals surface area contributed by atoms with Crippen molar-refractivity contribution in [2.75, 3.05) is 18.2 Å². The van der Waals surface area contributed by atoms with Crippen molar-refractivity contribution in [1.82, 2.24) is 0 Å². The molecule has 1 aliphatic rings. The standard InChI is InChI=1S/C12H17ClN2O/c1-16-12-4-2-3-11(12)15-10-6-5-8(13)7-9(10)14/h5-7,11-12,15H,2-4,14H2,1H3. The lowest BCUT2D eigenvalue weighted by atomic mass is 10.2. The molecule has 0 aromatic heterocycles. The first-order valence-electron chi connectivity index (χ1n) is 5.55. The molecule has 2 unspecified atom stereocenters. The second kappa shape index (κ2) is 4.93. The molecule has 3 nitrogen and oxygen atoms in total. The van der Waals surface area contributed by atoms with Crippen molar-refractivity contribution in [3.8, 4) is 0 Å². The fraction of sp³-hybridized carbons (Fsp3) is 0.500. The molecule has 0 amide bonds. The Hall–Kier alpha value is -0.930. The van der Waals surface area contributed by atoms with E-state index in [1.165, 1.54) is 6.42 Å². The zero-order chi connectivity index (χ0) is 11.5. The summed E-state index contributed by atoms with van der Waals surface area (Å²) in [6.45, 7) is 0. The number of ether oxygens (including phenoxy) is 1. The SMILES string of the molecule is COC1CCCC1Nc1ccc(Cl)cc1N. The van der Waals surface area contributed by atoms with Crippen molar-refractivity contribution in [1.29, 1.82) is 0 Å². The predicted octanol–water partition coefficient (Wildman–Crippen LogP) is 2.90. The Balaban J connectivity index is 2.08. The maximum Gasteiger partial charge on any atom is 0.0772 e. The Morgan fingerprint density at radius 2 is 2.25 bits per heavy atom. The Kier molecular flexibility index (Phi) is 3.56. The summed E-state index contributed by atoms with van der Waals surface area (Å²) in [4.78, 5) is 0. The third kappa shape index (κ3) is 2.42. The van der Waals surface area contributed by atoms with Crippen molar-refractivity contribution < 1.29 is 4.74 Å². The third-order valence-corrected chi connectivity index (χ3v) is 3.34. The quantitative estimate of drug-likeness (QED) is 0.799.